The van der Waals surface area contributed by atoms with Gasteiger partial charge in [-0.1, -0.05) is 69.2 Å². The van der Waals surface area contributed by atoms with Gasteiger partial charge in [0.05, 0.1) is 5.92 Å². The Kier molecular flexibility index (Phi) is 9.09. The van der Waals surface area contributed by atoms with E-state index in [0.29, 0.717) is 11.3 Å². The number of hydrogen-bond donors (Lipinski definition) is 0. The molecule has 0 atom stereocenters. The summed E-state index contributed by atoms with van der Waals surface area (Å²) in [6, 6.07) is 9.89. The standard InChI is InChI=1S/C29H37F3O2Si/c1-2-3-16-35-25-14-10-20(11-15-25)19-4-6-22(7-5-19)29(33)34-24-12-8-21(9-13-24)23-17-26(30)28(32)27(31)18-23/h8-9,12-13,17-20,22,25H,2-7,10-11,14-16,35H2,1H3. The molecule has 190 valence electrons. The third kappa shape index (κ3) is 6.78. The zero-order valence-electron chi connectivity index (χ0n) is 20.7. The minimum Gasteiger partial charge on any atom is -0.426 e. The number of esters is 1. The molecule has 0 aliphatic heterocycles. The molecule has 0 unspecified atom stereocenters. The van der Waals surface area contributed by atoms with Gasteiger partial charge in [0.2, 0.25) is 0 Å². The maximum absolute atomic E-state index is 13.5. The van der Waals surface area contributed by atoms with Gasteiger partial charge in [0.15, 0.2) is 17.5 Å². The zero-order chi connectivity index (χ0) is 24.8. The van der Waals surface area contributed by atoms with E-state index in [0.717, 1.165) is 55.2 Å². The highest BCUT2D eigenvalue weighted by molar-refractivity contribution is 6.37. The van der Waals surface area contributed by atoms with Crippen LogP contribution in [0.15, 0.2) is 36.4 Å². The minimum atomic E-state index is -1.48. The molecule has 0 saturated heterocycles. The Balaban J connectivity index is 1.23. The lowest BCUT2D eigenvalue weighted by atomic mass is 9.71. The molecule has 0 N–H and O–H groups in total. The van der Waals surface area contributed by atoms with E-state index in [9.17, 15) is 18.0 Å². The molecule has 2 fully saturated rings. The van der Waals surface area contributed by atoms with Gasteiger partial charge in [-0.25, -0.2) is 13.2 Å². The highest BCUT2D eigenvalue weighted by atomic mass is 28.2. The molecule has 4 rings (SSSR count). The Hall–Kier alpha value is -2.08. The first kappa shape index (κ1) is 26.0. The van der Waals surface area contributed by atoms with Crippen molar-refractivity contribution in [3.63, 3.8) is 0 Å². The molecule has 2 aliphatic rings. The third-order valence-electron chi connectivity index (χ3n) is 8.27. The van der Waals surface area contributed by atoms with Crippen molar-refractivity contribution in [2.75, 3.05) is 0 Å². The number of rotatable bonds is 8. The maximum Gasteiger partial charge on any atom is 0.314 e. The van der Waals surface area contributed by atoms with E-state index < -0.39 is 17.5 Å². The van der Waals surface area contributed by atoms with E-state index in [1.165, 1.54) is 44.6 Å². The van der Waals surface area contributed by atoms with Crippen LogP contribution in [0.3, 0.4) is 0 Å². The van der Waals surface area contributed by atoms with Gasteiger partial charge in [0, 0.05) is 9.52 Å². The summed E-state index contributed by atoms with van der Waals surface area (Å²) in [5.41, 5.74) is 1.82. The van der Waals surface area contributed by atoms with Gasteiger partial charge < -0.3 is 4.74 Å². The molecule has 2 aromatic rings. The molecule has 2 aliphatic carbocycles. The zero-order valence-corrected chi connectivity index (χ0v) is 22.1. The second kappa shape index (κ2) is 12.2. The number of hydrogen-bond acceptors (Lipinski definition) is 2. The van der Waals surface area contributed by atoms with E-state index in [1.807, 2.05) is 0 Å². The summed E-state index contributed by atoms with van der Waals surface area (Å²) in [6.45, 7) is 2.29. The summed E-state index contributed by atoms with van der Waals surface area (Å²) in [7, 11) is 0.122. The molecule has 6 heteroatoms. The Morgan fingerprint density at radius 1 is 0.857 bits per heavy atom. The first-order valence-corrected chi connectivity index (χ1v) is 15.2. The molecule has 0 aromatic heterocycles. The van der Waals surface area contributed by atoms with Crippen LogP contribution in [0.25, 0.3) is 11.1 Å². The number of halogens is 3. The topological polar surface area (TPSA) is 26.3 Å². The number of ether oxygens (including phenoxy) is 1. The number of carbonyl (C=O) groups is 1. The number of unbranched alkanes of at least 4 members (excludes halogenated alkanes) is 1. The van der Waals surface area contributed by atoms with Crippen molar-refractivity contribution in [1.29, 1.82) is 0 Å². The molecule has 2 aromatic carbocycles. The average molecular weight is 503 g/mol. The monoisotopic (exact) mass is 502 g/mol. The Morgan fingerprint density at radius 3 is 2.00 bits per heavy atom. The van der Waals surface area contributed by atoms with E-state index in [1.54, 1.807) is 24.3 Å². The van der Waals surface area contributed by atoms with Crippen molar-refractivity contribution in [2.45, 2.75) is 82.7 Å². The summed E-state index contributed by atoms with van der Waals surface area (Å²) in [6.07, 6.45) is 12.4. The third-order valence-corrected chi connectivity index (χ3v) is 10.8. The Bertz CT molecular complexity index is 955. The predicted octanol–water partition coefficient (Wildman–Crippen LogP) is 7.85. The highest BCUT2D eigenvalue weighted by Crippen LogP contribution is 2.43. The summed E-state index contributed by atoms with van der Waals surface area (Å²) >= 11 is 0. The predicted molar refractivity (Wildman–Crippen MR) is 137 cm³/mol. The van der Waals surface area contributed by atoms with Crippen LogP contribution in [0.4, 0.5) is 13.2 Å². The van der Waals surface area contributed by atoms with Crippen LogP contribution in [-0.4, -0.2) is 15.5 Å². The molecule has 0 radical (unpaired) electrons. The average Bonchev–Trinajstić information content (AvgIpc) is 2.88. The minimum absolute atomic E-state index is 0.0657. The lowest BCUT2D eigenvalue weighted by Gasteiger charge is -2.37. The summed E-state index contributed by atoms with van der Waals surface area (Å²) in [5.74, 6) is -2.18. The SMILES string of the molecule is CCCC[SiH2]C1CCC(C2CCC(C(=O)Oc3ccc(-c4cc(F)c(F)c(F)c4)cc3)CC2)CC1. The number of benzene rings is 2. The molecular weight excluding hydrogens is 465 g/mol. The molecule has 2 nitrogen and oxygen atoms in total. The van der Waals surface area contributed by atoms with Crippen molar-refractivity contribution in [3.05, 3.63) is 53.8 Å². The van der Waals surface area contributed by atoms with Crippen molar-refractivity contribution in [2.24, 2.45) is 17.8 Å². The van der Waals surface area contributed by atoms with Crippen LogP contribution < -0.4 is 4.74 Å². The van der Waals surface area contributed by atoms with Crippen LogP contribution in [-0.2, 0) is 4.79 Å². The van der Waals surface area contributed by atoms with Crippen LogP contribution in [0, 0.1) is 35.2 Å². The summed E-state index contributed by atoms with van der Waals surface area (Å²) in [4.78, 5) is 12.7. The van der Waals surface area contributed by atoms with Gasteiger partial charge in [-0.05, 0) is 72.9 Å². The van der Waals surface area contributed by atoms with Crippen LogP contribution >= 0.6 is 0 Å². The fourth-order valence-corrected chi connectivity index (χ4v) is 8.51. The van der Waals surface area contributed by atoms with Gasteiger partial charge in [-0.3, -0.25) is 4.79 Å². The van der Waals surface area contributed by atoms with E-state index in [4.69, 9.17) is 4.74 Å². The van der Waals surface area contributed by atoms with Gasteiger partial charge in [0.1, 0.15) is 5.75 Å². The van der Waals surface area contributed by atoms with E-state index in [-0.39, 0.29) is 27.0 Å². The number of carbonyl (C=O) groups excluding carboxylic acids is 1. The highest BCUT2D eigenvalue weighted by Gasteiger charge is 2.33. The lowest BCUT2D eigenvalue weighted by molar-refractivity contribution is -0.140. The van der Waals surface area contributed by atoms with Gasteiger partial charge in [0.25, 0.3) is 0 Å². The van der Waals surface area contributed by atoms with Crippen molar-refractivity contribution in [3.8, 4) is 16.9 Å². The molecule has 2 saturated carbocycles. The second-order valence-corrected chi connectivity index (χ2v) is 13.0. The first-order valence-electron chi connectivity index (χ1n) is 13.4. The fourth-order valence-electron chi connectivity index (χ4n) is 6.09. The van der Waals surface area contributed by atoms with Crippen LogP contribution in [0.2, 0.25) is 11.6 Å². The van der Waals surface area contributed by atoms with Gasteiger partial charge in [-0.15, -0.1) is 0 Å². The maximum atomic E-state index is 13.5. The molecule has 0 heterocycles. The van der Waals surface area contributed by atoms with Gasteiger partial charge >= 0.3 is 5.97 Å². The molecule has 0 spiro atoms. The van der Waals surface area contributed by atoms with E-state index >= 15 is 0 Å². The lowest BCUT2D eigenvalue weighted by Crippen LogP contribution is -2.30. The van der Waals surface area contributed by atoms with Crippen LogP contribution in [0.5, 0.6) is 5.75 Å². The van der Waals surface area contributed by atoms with E-state index in [2.05, 4.69) is 6.92 Å². The Labute approximate surface area is 209 Å². The largest absolute Gasteiger partial charge is 0.426 e. The molecule has 0 amide bonds. The van der Waals surface area contributed by atoms with Crippen molar-refractivity contribution < 1.29 is 22.7 Å². The smallest absolute Gasteiger partial charge is 0.314 e. The van der Waals surface area contributed by atoms with Crippen molar-refractivity contribution >= 4 is 15.5 Å². The van der Waals surface area contributed by atoms with Crippen LogP contribution in [0.1, 0.15) is 71.1 Å². The first-order chi connectivity index (χ1) is 16.9. The Morgan fingerprint density at radius 2 is 1.43 bits per heavy atom. The fraction of sp³-hybridized carbons (Fsp3) is 0.552. The van der Waals surface area contributed by atoms with Gasteiger partial charge in [-0.2, -0.15) is 0 Å². The van der Waals surface area contributed by atoms with Crippen molar-refractivity contribution in [1.82, 2.24) is 0 Å². The summed E-state index contributed by atoms with van der Waals surface area (Å²) < 4.78 is 45.9. The summed E-state index contributed by atoms with van der Waals surface area (Å²) in [5, 5.41) is 0. The molecule has 35 heavy (non-hydrogen) atoms. The normalized spacial score (nSPS) is 25.1. The quantitative estimate of drug-likeness (QED) is 0.121. The second-order valence-electron chi connectivity index (χ2n) is 10.6. The molecular formula is C29H37F3O2Si. The molecule has 0 bridgehead atoms.